The number of hydrogen-bond acceptors (Lipinski definition) is 5. The molecular weight excluding hydrogens is 192 g/mol. The van der Waals surface area contributed by atoms with Gasteiger partial charge in [0.1, 0.15) is 0 Å². The van der Waals surface area contributed by atoms with Gasteiger partial charge in [0.05, 0.1) is 5.92 Å². The van der Waals surface area contributed by atoms with Gasteiger partial charge in [-0.3, -0.25) is 0 Å². The van der Waals surface area contributed by atoms with Crippen LogP contribution < -0.4 is 10.2 Å². The Bertz CT molecular complexity index is 297. The summed E-state index contributed by atoms with van der Waals surface area (Å²) in [5.74, 6) is 1.54. The van der Waals surface area contributed by atoms with Crippen LogP contribution in [0.2, 0.25) is 0 Å². The first-order valence-electron chi connectivity index (χ1n) is 5.30. The van der Waals surface area contributed by atoms with E-state index in [9.17, 15) is 0 Å². The van der Waals surface area contributed by atoms with Gasteiger partial charge in [-0.1, -0.05) is 13.8 Å². The van der Waals surface area contributed by atoms with Crippen molar-refractivity contribution in [3.8, 4) is 0 Å². The molecule has 1 aromatic heterocycles. The fourth-order valence-electron chi connectivity index (χ4n) is 1.31. The molecule has 5 heteroatoms. The molecule has 0 radical (unpaired) electrons. The van der Waals surface area contributed by atoms with E-state index in [4.69, 9.17) is 4.52 Å². The summed E-state index contributed by atoms with van der Waals surface area (Å²) >= 11 is 0. The third-order valence-corrected chi connectivity index (χ3v) is 2.50. The molecule has 1 heterocycles. The lowest BCUT2D eigenvalue weighted by Gasteiger charge is -2.16. The molecule has 0 saturated carbocycles. The highest BCUT2D eigenvalue weighted by molar-refractivity contribution is 5.24. The van der Waals surface area contributed by atoms with Gasteiger partial charge in [-0.05, 0) is 18.6 Å². The third-order valence-electron chi connectivity index (χ3n) is 2.50. The van der Waals surface area contributed by atoms with Gasteiger partial charge < -0.3 is 14.7 Å². The van der Waals surface area contributed by atoms with E-state index in [1.807, 2.05) is 19.0 Å². The summed E-state index contributed by atoms with van der Waals surface area (Å²) < 4.78 is 5.21. The summed E-state index contributed by atoms with van der Waals surface area (Å²) in [6.45, 7) is 7.23. The standard InChI is InChI=1S/C10H20N4O/c1-6-11-8(3)7(2)9-12-10(13-15-9)14(4)5/h7-8,11H,6H2,1-5H3. The number of rotatable bonds is 5. The van der Waals surface area contributed by atoms with Gasteiger partial charge in [-0.2, -0.15) is 4.98 Å². The van der Waals surface area contributed by atoms with E-state index in [-0.39, 0.29) is 5.92 Å². The number of aromatic nitrogens is 2. The second-order valence-electron chi connectivity index (χ2n) is 3.96. The molecule has 5 nitrogen and oxygen atoms in total. The van der Waals surface area contributed by atoms with Crippen molar-refractivity contribution in [2.45, 2.75) is 32.7 Å². The maximum absolute atomic E-state index is 5.21. The van der Waals surface area contributed by atoms with Crippen LogP contribution in [0.25, 0.3) is 0 Å². The minimum Gasteiger partial charge on any atom is -0.344 e. The quantitative estimate of drug-likeness (QED) is 0.795. The molecule has 2 atom stereocenters. The highest BCUT2D eigenvalue weighted by atomic mass is 16.5. The molecule has 15 heavy (non-hydrogen) atoms. The van der Waals surface area contributed by atoms with Gasteiger partial charge in [0, 0.05) is 20.1 Å². The highest BCUT2D eigenvalue weighted by Gasteiger charge is 2.20. The van der Waals surface area contributed by atoms with Gasteiger partial charge in [0.15, 0.2) is 0 Å². The normalized spacial score (nSPS) is 15.0. The van der Waals surface area contributed by atoms with Crippen molar-refractivity contribution in [1.82, 2.24) is 15.5 Å². The number of nitrogens with one attached hydrogen (secondary N) is 1. The van der Waals surface area contributed by atoms with E-state index in [1.54, 1.807) is 0 Å². The highest BCUT2D eigenvalue weighted by Crippen LogP contribution is 2.18. The zero-order valence-corrected chi connectivity index (χ0v) is 10.1. The second kappa shape index (κ2) is 5.11. The molecule has 2 unspecified atom stereocenters. The monoisotopic (exact) mass is 212 g/mol. The summed E-state index contributed by atoms with van der Waals surface area (Å²) in [4.78, 5) is 6.15. The minimum atomic E-state index is 0.228. The maximum atomic E-state index is 5.21. The molecule has 0 aromatic carbocycles. The zero-order chi connectivity index (χ0) is 11.4. The molecule has 0 saturated heterocycles. The van der Waals surface area contributed by atoms with Crippen molar-refractivity contribution in [1.29, 1.82) is 0 Å². The van der Waals surface area contributed by atoms with E-state index in [0.29, 0.717) is 17.9 Å². The molecule has 0 spiro atoms. The first-order valence-corrected chi connectivity index (χ1v) is 5.30. The van der Waals surface area contributed by atoms with Crippen molar-refractivity contribution in [3.63, 3.8) is 0 Å². The average Bonchev–Trinajstić information content (AvgIpc) is 2.65. The summed E-state index contributed by atoms with van der Waals surface area (Å²) in [5, 5.41) is 7.23. The van der Waals surface area contributed by atoms with Crippen LogP contribution in [0.3, 0.4) is 0 Å². The van der Waals surface area contributed by atoms with Crippen LogP contribution in [-0.2, 0) is 0 Å². The van der Waals surface area contributed by atoms with Crippen molar-refractivity contribution >= 4 is 5.95 Å². The second-order valence-corrected chi connectivity index (χ2v) is 3.96. The Morgan fingerprint density at radius 2 is 2.07 bits per heavy atom. The van der Waals surface area contributed by atoms with Crippen LogP contribution in [0.5, 0.6) is 0 Å². The van der Waals surface area contributed by atoms with E-state index < -0.39 is 0 Å². The smallest absolute Gasteiger partial charge is 0.265 e. The number of likely N-dealkylation sites (N-methyl/N-ethyl adjacent to an activating group) is 1. The zero-order valence-electron chi connectivity index (χ0n) is 10.1. The molecule has 0 aliphatic heterocycles. The Hall–Kier alpha value is -1.10. The maximum Gasteiger partial charge on any atom is 0.265 e. The van der Waals surface area contributed by atoms with Gasteiger partial charge in [-0.15, -0.1) is 0 Å². The lowest BCUT2D eigenvalue weighted by molar-refractivity contribution is 0.332. The molecule has 0 aliphatic rings. The summed E-state index contributed by atoms with van der Waals surface area (Å²) in [5.41, 5.74) is 0. The Morgan fingerprint density at radius 1 is 1.40 bits per heavy atom. The molecule has 1 aromatic rings. The predicted octanol–water partition coefficient (Wildman–Crippen LogP) is 1.24. The Balaban J connectivity index is 2.69. The van der Waals surface area contributed by atoms with E-state index in [0.717, 1.165) is 6.54 Å². The largest absolute Gasteiger partial charge is 0.344 e. The molecule has 0 amide bonds. The number of hydrogen-bond donors (Lipinski definition) is 1. The molecule has 0 bridgehead atoms. The lowest BCUT2D eigenvalue weighted by atomic mass is 10.0. The van der Waals surface area contributed by atoms with Gasteiger partial charge in [0.25, 0.3) is 5.95 Å². The van der Waals surface area contributed by atoms with Gasteiger partial charge >= 0.3 is 0 Å². The van der Waals surface area contributed by atoms with Crippen molar-refractivity contribution in [3.05, 3.63) is 5.89 Å². The van der Waals surface area contributed by atoms with Gasteiger partial charge in [-0.25, -0.2) is 0 Å². The van der Waals surface area contributed by atoms with E-state index in [2.05, 4.69) is 36.2 Å². The molecule has 0 aliphatic carbocycles. The number of nitrogens with zero attached hydrogens (tertiary/aromatic N) is 3. The summed E-state index contributed by atoms with van der Waals surface area (Å²) in [6.07, 6.45) is 0. The SMILES string of the molecule is CCNC(C)C(C)c1nc(N(C)C)no1. The molecular formula is C10H20N4O. The molecule has 1 rings (SSSR count). The van der Waals surface area contributed by atoms with Crippen molar-refractivity contribution in [2.24, 2.45) is 0 Å². The van der Waals surface area contributed by atoms with E-state index in [1.165, 1.54) is 0 Å². The Labute approximate surface area is 90.8 Å². The average molecular weight is 212 g/mol. The predicted molar refractivity (Wildman–Crippen MR) is 60.2 cm³/mol. The topological polar surface area (TPSA) is 54.2 Å². The Morgan fingerprint density at radius 3 is 2.53 bits per heavy atom. The van der Waals surface area contributed by atoms with Crippen LogP contribution in [0.4, 0.5) is 5.95 Å². The molecule has 1 N–H and O–H groups in total. The lowest BCUT2D eigenvalue weighted by Crippen LogP contribution is -2.30. The van der Waals surface area contributed by atoms with Crippen LogP contribution in [0.15, 0.2) is 4.52 Å². The molecule has 86 valence electrons. The number of anilines is 1. The Kier molecular flexibility index (Phi) is 4.08. The van der Waals surface area contributed by atoms with Crippen molar-refractivity contribution in [2.75, 3.05) is 25.5 Å². The fraction of sp³-hybridized carbons (Fsp3) is 0.800. The summed E-state index contributed by atoms with van der Waals surface area (Å²) in [7, 11) is 3.79. The summed E-state index contributed by atoms with van der Waals surface area (Å²) in [6, 6.07) is 0.338. The third kappa shape index (κ3) is 2.92. The fourth-order valence-corrected chi connectivity index (χ4v) is 1.31. The van der Waals surface area contributed by atoms with Crippen LogP contribution in [-0.4, -0.2) is 36.8 Å². The van der Waals surface area contributed by atoms with Crippen LogP contribution >= 0.6 is 0 Å². The first-order chi connectivity index (χ1) is 7.06. The minimum absolute atomic E-state index is 0.228. The first kappa shape index (κ1) is 12.0. The van der Waals surface area contributed by atoms with Crippen LogP contribution in [0, 0.1) is 0 Å². The van der Waals surface area contributed by atoms with Crippen LogP contribution in [0.1, 0.15) is 32.6 Å². The van der Waals surface area contributed by atoms with Gasteiger partial charge in [0.2, 0.25) is 5.89 Å². The van der Waals surface area contributed by atoms with Crippen molar-refractivity contribution < 1.29 is 4.52 Å². The van der Waals surface area contributed by atoms with E-state index >= 15 is 0 Å². The molecule has 0 fully saturated rings.